The molecule has 19 heavy (non-hydrogen) atoms. The van der Waals surface area contributed by atoms with Crippen LogP contribution in [0.2, 0.25) is 0 Å². The molecule has 1 aromatic rings. The van der Waals surface area contributed by atoms with Crippen LogP contribution in [0.4, 0.5) is 0 Å². The summed E-state index contributed by atoms with van der Waals surface area (Å²) < 4.78 is 0. The summed E-state index contributed by atoms with van der Waals surface area (Å²) in [7, 11) is 0. The molecule has 2 unspecified atom stereocenters. The molecule has 0 aromatic carbocycles. The van der Waals surface area contributed by atoms with Gasteiger partial charge in [-0.25, -0.2) is 0 Å². The van der Waals surface area contributed by atoms with Gasteiger partial charge in [0, 0.05) is 18.5 Å². The van der Waals surface area contributed by atoms with E-state index in [0.717, 1.165) is 26.1 Å². The molecular weight excluding hydrogens is 256 g/mol. The van der Waals surface area contributed by atoms with Crippen molar-refractivity contribution in [3.63, 3.8) is 0 Å². The third kappa shape index (κ3) is 3.37. The summed E-state index contributed by atoms with van der Waals surface area (Å²) in [5.41, 5.74) is 1.40. The van der Waals surface area contributed by atoms with Gasteiger partial charge in [-0.1, -0.05) is 13.8 Å². The van der Waals surface area contributed by atoms with Crippen molar-refractivity contribution in [2.24, 2.45) is 0 Å². The van der Waals surface area contributed by atoms with Gasteiger partial charge in [0.15, 0.2) is 0 Å². The van der Waals surface area contributed by atoms with Crippen LogP contribution >= 0.6 is 11.3 Å². The zero-order valence-corrected chi connectivity index (χ0v) is 12.9. The number of thiophene rings is 1. The van der Waals surface area contributed by atoms with E-state index >= 15 is 0 Å². The molecule has 1 aliphatic heterocycles. The summed E-state index contributed by atoms with van der Waals surface area (Å²) in [6.07, 6.45) is 1.10. The van der Waals surface area contributed by atoms with E-state index in [0.29, 0.717) is 18.5 Å². The number of carbonyl (C=O) groups is 1. The van der Waals surface area contributed by atoms with Crippen molar-refractivity contribution in [1.82, 2.24) is 9.80 Å². The Morgan fingerprint density at radius 1 is 1.47 bits per heavy atom. The van der Waals surface area contributed by atoms with Crippen molar-refractivity contribution >= 4 is 17.2 Å². The van der Waals surface area contributed by atoms with E-state index in [1.807, 2.05) is 0 Å². The smallest absolute Gasteiger partial charge is 0.237 e. The highest BCUT2D eigenvalue weighted by Crippen LogP contribution is 2.32. The molecule has 2 rings (SSSR count). The van der Waals surface area contributed by atoms with Crippen LogP contribution in [0.15, 0.2) is 16.8 Å². The monoisotopic (exact) mass is 280 g/mol. The Bertz CT molecular complexity index is 400. The van der Waals surface area contributed by atoms with E-state index in [9.17, 15) is 4.79 Å². The molecule has 0 saturated carbocycles. The van der Waals surface area contributed by atoms with Gasteiger partial charge >= 0.3 is 0 Å². The van der Waals surface area contributed by atoms with Crippen LogP contribution in [0.1, 0.15) is 38.7 Å². The van der Waals surface area contributed by atoms with Gasteiger partial charge in [0.05, 0.1) is 6.54 Å². The Hall–Kier alpha value is -0.870. The lowest BCUT2D eigenvalue weighted by Crippen LogP contribution is -2.41. The molecule has 1 aromatic heterocycles. The number of amides is 1. The number of hydrogen-bond donors (Lipinski definition) is 0. The lowest BCUT2D eigenvalue weighted by molar-refractivity contribution is -0.132. The van der Waals surface area contributed by atoms with Gasteiger partial charge in [-0.2, -0.15) is 11.3 Å². The number of likely N-dealkylation sites (tertiary alicyclic amines) is 1. The van der Waals surface area contributed by atoms with Crippen LogP contribution in [0.5, 0.6) is 0 Å². The van der Waals surface area contributed by atoms with Crippen LogP contribution in [0.3, 0.4) is 0 Å². The summed E-state index contributed by atoms with van der Waals surface area (Å²) in [6, 6.07) is 2.56. The standard InChI is InChI=1S/C15H24N2OS/c1-4-16(5-2)10-15(18)17-9-14(8-12(17)3)13-6-7-19-11-13/h6-7,11-12,14H,4-5,8-10H2,1-3H3. The average Bonchev–Trinajstić information content (AvgIpc) is 3.04. The van der Waals surface area contributed by atoms with E-state index in [1.54, 1.807) is 11.3 Å². The largest absolute Gasteiger partial charge is 0.338 e. The third-order valence-electron chi connectivity index (χ3n) is 4.16. The first-order chi connectivity index (χ1) is 9.15. The number of rotatable bonds is 5. The molecule has 4 heteroatoms. The quantitative estimate of drug-likeness (QED) is 0.828. The zero-order valence-electron chi connectivity index (χ0n) is 12.1. The van der Waals surface area contributed by atoms with Crippen molar-refractivity contribution in [3.05, 3.63) is 22.4 Å². The lowest BCUT2D eigenvalue weighted by Gasteiger charge is -2.25. The topological polar surface area (TPSA) is 23.6 Å². The van der Waals surface area contributed by atoms with E-state index in [1.165, 1.54) is 5.56 Å². The molecule has 2 heterocycles. The summed E-state index contributed by atoms with van der Waals surface area (Å²) in [4.78, 5) is 16.6. The molecule has 0 spiro atoms. The molecule has 106 valence electrons. The molecule has 0 aliphatic carbocycles. The van der Waals surface area contributed by atoms with Gasteiger partial charge in [0.2, 0.25) is 5.91 Å². The molecule has 0 bridgehead atoms. The molecule has 1 fully saturated rings. The molecular formula is C15H24N2OS. The van der Waals surface area contributed by atoms with E-state index in [2.05, 4.69) is 47.4 Å². The maximum Gasteiger partial charge on any atom is 0.237 e. The van der Waals surface area contributed by atoms with E-state index < -0.39 is 0 Å². The highest BCUT2D eigenvalue weighted by Gasteiger charge is 2.33. The minimum absolute atomic E-state index is 0.286. The Labute approximate surface area is 120 Å². The van der Waals surface area contributed by atoms with Gasteiger partial charge < -0.3 is 4.90 Å². The fourth-order valence-corrected chi connectivity index (χ4v) is 3.60. The van der Waals surface area contributed by atoms with Crippen LogP contribution in [-0.4, -0.2) is 47.9 Å². The highest BCUT2D eigenvalue weighted by atomic mass is 32.1. The fraction of sp³-hybridized carbons (Fsp3) is 0.667. The van der Waals surface area contributed by atoms with Gasteiger partial charge in [-0.15, -0.1) is 0 Å². The molecule has 1 aliphatic rings. The second kappa shape index (κ2) is 6.53. The Balaban J connectivity index is 1.96. The SMILES string of the molecule is CCN(CC)CC(=O)N1CC(c2ccsc2)CC1C. The van der Waals surface area contributed by atoms with Crippen molar-refractivity contribution in [3.8, 4) is 0 Å². The predicted molar refractivity (Wildman–Crippen MR) is 80.6 cm³/mol. The first-order valence-electron chi connectivity index (χ1n) is 7.19. The fourth-order valence-electron chi connectivity index (χ4n) is 2.86. The number of nitrogens with zero attached hydrogens (tertiary/aromatic N) is 2. The summed E-state index contributed by atoms with van der Waals surface area (Å²) in [6.45, 7) is 9.73. The molecule has 2 atom stereocenters. The number of likely N-dealkylation sites (N-methyl/N-ethyl adjacent to an activating group) is 1. The summed E-state index contributed by atoms with van der Waals surface area (Å²) in [5.74, 6) is 0.816. The minimum atomic E-state index is 0.286. The zero-order chi connectivity index (χ0) is 13.8. The van der Waals surface area contributed by atoms with Crippen LogP contribution in [0, 0.1) is 0 Å². The van der Waals surface area contributed by atoms with Crippen LogP contribution < -0.4 is 0 Å². The normalized spacial score (nSPS) is 23.3. The Morgan fingerprint density at radius 2 is 2.21 bits per heavy atom. The van der Waals surface area contributed by atoms with Crippen molar-refractivity contribution in [1.29, 1.82) is 0 Å². The first-order valence-corrected chi connectivity index (χ1v) is 8.13. The second-order valence-electron chi connectivity index (χ2n) is 5.35. The average molecular weight is 280 g/mol. The third-order valence-corrected chi connectivity index (χ3v) is 4.86. The predicted octanol–water partition coefficient (Wildman–Crippen LogP) is 2.79. The molecule has 1 saturated heterocycles. The molecule has 1 amide bonds. The van der Waals surface area contributed by atoms with Crippen molar-refractivity contribution < 1.29 is 4.79 Å². The minimum Gasteiger partial charge on any atom is -0.338 e. The van der Waals surface area contributed by atoms with Gasteiger partial charge in [-0.3, -0.25) is 9.69 Å². The second-order valence-corrected chi connectivity index (χ2v) is 6.13. The highest BCUT2D eigenvalue weighted by molar-refractivity contribution is 7.07. The Kier molecular flexibility index (Phi) is 4.99. The Morgan fingerprint density at radius 3 is 2.79 bits per heavy atom. The maximum absolute atomic E-state index is 12.4. The van der Waals surface area contributed by atoms with Gasteiger partial charge in [0.1, 0.15) is 0 Å². The van der Waals surface area contributed by atoms with Crippen molar-refractivity contribution in [2.75, 3.05) is 26.2 Å². The molecule has 0 radical (unpaired) electrons. The van der Waals surface area contributed by atoms with Gasteiger partial charge in [-0.05, 0) is 48.8 Å². The summed E-state index contributed by atoms with van der Waals surface area (Å²) >= 11 is 1.74. The lowest BCUT2D eigenvalue weighted by atomic mass is 10.00. The molecule has 3 nitrogen and oxygen atoms in total. The number of hydrogen-bond acceptors (Lipinski definition) is 3. The maximum atomic E-state index is 12.4. The van der Waals surface area contributed by atoms with Gasteiger partial charge in [0.25, 0.3) is 0 Å². The number of carbonyl (C=O) groups excluding carboxylic acids is 1. The van der Waals surface area contributed by atoms with E-state index in [-0.39, 0.29) is 5.91 Å². The molecule has 0 N–H and O–H groups in total. The van der Waals surface area contributed by atoms with Crippen LogP contribution in [0.25, 0.3) is 0 Å². The summed E-state index contributed by atoms with van der Waals surface area (Å²) in [5, 5.41) is 4.34. The van der Waals surface area contributed by atoms with E-state index in [4.69, 9.17) is 0 Å². The van der Waals surface area contributed by atoms with Crippen molar-refractivity contribution in [2.45, 2.75) is 39.2 Å². The first kappa shape index (κ1) is 14.5. The van der Waals surface area contributed by atoms with Crippen LogP contribution in [-0.2, 0) is 4.79 Å².